The van der Waals surface area contributed by atoms with E-state index in [0.29, 0.717) is 10.2 Å². The molecule has 2 fully saturated rings. The van der Waals surface area contributed by atoms with Crippen LogP contribution in [0.15, 0.2) is 47.5 Å². The highest BCUT2D eigenvalue weighted by Crippen LogP contribution is 2.43. The molecule has 2 aliphatic rings. The van der Waals surface area contributed by atoms with Crippen LogP contribution in [0.25, 0.3) is 0 Å². The monoisotopic (exact) mass is 476 g/mol. The maximum atomic E-state index is 12.8. The molecule has 164 valence electrons. The van der Waals surface area contributed by atoms with Gasteiger partial charge in [0.2, 0.25) is 0 Å². The number of halogens is 1. The summed E-state index contributed by atoms with van der Waals surface area (Å²) in [5, 5.41) is 1.12. The first-order valence-electron chi connectivity index (χ1n) is 10.4. The van der Waals surface area contributed by atoms with Gasteiger partial charge in [0, 0.05) is 16.0 Å². The van der Waals surface area contributed by atoms with Crippen LogP contribution < -0.4 is 4.90 Å². The number of anilines is 1. The third-order valence-corrected chi connectivity index (χ3v) is 9.22. The standard InChI is InChI=1S/C23H25ClN2O3S2/c1-3-16-6-5-7-17(4-2)22(16)26-19-13-31(28,29)14-20(19)30-23(26)25-21(27)12-15-8-10-18(24)11-9-15/h5-11,19-20H,3-4,12-14H2,1-2H3. The number of aryl methyl sites for hydroxylation is 2. The second-order valence-electron chi connectivity index (χ2n) is 7.89. The molecule has 4 rings (SSSR count). The quantitative estimate of drug-likeness (QED) is 0.643. The summed E-state index contributed by atoms with van der Waals surface area (Å²) >= 11 is 7.36. The molecule has 0 radical (unpaired) electrons. The van der Waals surface area contributed by atoms with Crippen molar-refractivity contribution in [2.45, 2.75) is 44.4 Å². The van der Waals surface area contributed by atoms with E-state index in [1.165, 1.54) is 11.8 Å². The van der Waals surface area contributed by atoms with Crippen LogP contribution in [0.2, 0.25) is 5.02 Å². The summed E-state index contributed by atoms with van der Waals surface area (Å²) < 4.78 is 24.7. The molecule has 0 bridgehead atoms. The summed E-state index contributed by atoms with van der Waals surface area (Å²) in [5.41, 5.74) is 4.15. The minimum atomic E-state index is -3.11. The molecule has 0 aromatic heterocycles. The lowest BCUT2D eigenvalue weighted by Crippen LogP contribution is -2.39. The number of carbonyl (C=O) groups is 1. The summed E-state index contributed by atoms with van der Waals surface area (Å²) in [6.07, 6.45) is 1.82. The molecule has 2 aromatic carbocycles. The van der Waals surface area contributed by atoms with Crippen molar-refractivity contribution in [2.75, 3.05) is 16.4 Å². The number of rotatable bonds is 5. The van der Waals surface area contributed by atoms with E-state index in [1.807, 2.05) is 23.1 Å². The Kier molecular flexibility index (Phi) is 6.47. The zero-order valence-corrected chi connectivity index (χ0v) is 19.9. The molecular formula is C23H25ClN2O3S2. The number of para-hydroxylation sites is 1. The van der Waals surface area contributed by atoms with Crippen LogP contribution >= 0.6 is 23.4 Å². The molecule has 0 saturated carbocycles. The van der Waals surface area contributed by atoms with Gasteiger partial charge < -0.3 is 4.90 Å². The molecule has 2 unspecified atom stereocenters. The fraction of sp³-hybridized carbons (Fsp3) is 0.391. The van der Waals surface area contributed by atoms with Gasteiger partial charge in [-0.1, -0.05) is 67.5 Å². The number of sulfone groups is 1. The van der Waals surface area contributed by atoms with Gasteiger partial charge in [0.15, 0.2) is 15.0 Å². The van der Waals surface area contributed by atoms with Crippen LogP contribution in [0.3, 0.4) is 0 Å². The molecule has 1 amide bonds. The maximum Gasteiger partial charge on any atom is 0.252 e. The topological polar surface area (TPSA) is 66.8 Å². The van der Waals surface area contributed by atoms with Gasteiger partial charge in [-0.15, -0.1) is 0 Å². The number of nitrogens with zero attached hydrogens (tertiary/aromatic N) is 2. The molecule has 8 heteroatoms. The van der Waals surface area contributed by atoms with Gasteiger partial charge in [-0.3, -0.25) is 4.79 Å². The summed E-state index contributed by atoms with van der Waals surface area (Å²) in [4.78, 5) is 19.3. The minimum Gasteiger partial charge on any atom is -0.315 e. The van der Waals surface area contributed by atoms with E-state index in [1.54, 1.807) is 12.1 Å². The highest BCUT2D eigenvalue weighted by atomic mass is 35.5. The highest BCUT2D eigenvalue weighted by molar-refractivity contribution is 8.16. The Morgan fingerprint density at radius 2 is 1.74 bits per heavy atom. The SMILES string of the molecule is CCc1cccc(CC)c1N1C(=NC(=O)Cc2ccc(Cl)cc2)SC2CS(=O)(=O)CC21. The highest BCUT2D eigenvalue weighted by Gasteiger charge is 2.50. The van der Waals surface area contributed by atoms with E-state index in [4.69, 9.17) is 11.6 Å². The number of carbonyl (C=O) groups excluding carboxylic acids is 1. The maximum absolute atomic E-state index is 12.8. The van der Waals surface area contributed by atoms with Gasteiger partial charge in [-0.05, 0) is 41.7 Å². The fourth-order valence-corrected chi connectivity index (χ4v) is 8.32. The van der Waals surface area contributed by atoms with E-state index in [-0.39, 0.29) is 35.1 Å². The van der Waals surface area contributed by atoms with Gasteiger partial charge in [0.05, 0.1) is 24.0 Å². The van der Waals surface area contributed by atoms with Crippen LogP contribution in [-0.4, -0.2) is 42.3 Å². The Bertz CT molecular complexity index is 1110. The van der Waals surface area contributed by atoms with Crippen molar-refractivity contribution in [1.29, 1.82) is 0 Å². The molecule has 0 spiro atoms. The van der Waals surface area contributed by atoms with Crippen molar-refractivity contribution in [2.24, 2.45) is 4.99 Å². The Labute approximate surface area is 192 Å². The number of benzene rings is 2. The third kappa shape index (κ3) is 4.69. The van der Waals surface area contributed by atoms with E-state index >= 15 is 0 Å². The Hall–Kier alpha value is -1.83. The van der Waals surface area contributed by atoms with Crippen molar-refractivity contribution >= 4 is 50.0 Å². The first-order chi connectivity index (χ1) is 14.8. The molecule has 2 heterocycles. The minimum absolute atomic E-state index is 0.0935. The Balaban J connectivity index is 1.73. The van der Waals surface area contributed by atoms with E-state index < -0.39 is 9.84 Å². The summed E-state index contributed by atoms with van der Waals surface area (Å²) in [5.74, 6) is -0.0282. The van der Waals surface area contributed by atoms with Crippen molar-refractivity contribution in [3.63, 3.8) is 0 Å². The number of amidine groups is 1. The average molecular weight is 477 g/mol. The number of hydrogen-bond donors (Lipinski definition) is 0. The summed E-state index contributed by atoms with van der Waals surface area (Å²) in [6.45, 7) is 4.18. The first-order valence-corrected chi connectivity index (χ1v) is 13.5. The molecule has 0 N–H and O–H groups in total. The lowest BCUT2D eigenvalue weighted by atomic mass is 10.0. The lowest BCUT2D eigenvalue weighted by molar-refractivity contribution is -0.117. The molecule has 5 nitrogen and oxygen atoms in total. The number of fused-ring (bicyclic) bond motifs is 1. The second kappa shape index (κ2) is 8.96. The van der Waals surface area contributed by atoms with Crippen molar-refractivity contribution in [3.05, 3.63) is 64.2 Å². The van der Waals surface area contributed by atoms with Gasteiger partial charge in [0.1, 0.15) is 0 Å². The predicted octanol–water partition coefficient (Wildman–Crippen LogP) is 4.31. The summed E-state index contributed by atoms with van der Waals surface area (Å²) in [6, 6.07) is 13.1. The van der Waals surface area contributed by atoms with Gasteiger partial charge in [-0.25, -0.2) is 8.42 Å². The summed E-state index contributed by atoms with van der Waals surface area (Å²) in [7, 11) is -3.11. The third-order valence-electron chi connectivity index (χ3n) is 5.76. The van der Waals surface area contributed by atoms with Crippen LogP contribution in [0.1, 0.15) is 30.5 Å². The van der Waals surface area contributed by atoms with Crippen LogP contribution in [0.5, 0.6) is 0 Å². The number of hydrogen-bond acceptors (Lipinski definition) is 4. The van der Waals surface area contributed by atoms with Crippen molar-refractivity contribution in [3.8, 4) is 0 Å². The van der Waals surface area contributed by atoms with Crippen molar-refractivity contribution < 1.29 is 13.2 Å². The van der Waals surface area contributed by atoms with E-state index in [9.17, 15) is 13.2 Å². The molecule has 2 aliphatic heterocycles. The van der Waals surface area contributed by atoms with Crippen LogP contribution in [0.4, 0.5) is 5.69 Å². The zero-order valence-electron chi connectivity index (χ0n) is 17.5. The van der Waals surface area contributed by atoms with E-state index in [0.717, 1.165) is 35.2 Å². The van der Waals surface area contributed by atoms with Crippen LogP contribution in [0, 0.1) is 0 Å². The molecule has 2 aromatic rings. The molecule has 31 heavy (non-hydrogen) atoms. The normalized spacial score (nSPS) is 23.3. The van der Waals surface area contributed by atoms with Gasteiger partial charge in [0.25, 0.3) is 5.91 Å². The predicted molar refractivity (Wildman–Crippen MR) is 129 cm³/mol. The zero-order chi connectivity index (χ0) is 22.2. The molecule has 2 atom stereocenters. The first kappa shape index (κ1) is 22.4. The van der Waals surface area contributed by atoms with E-state index in [2.05, 4.69) is 31.0 Å². The van der Waals surface area contributed by atoms with Crippen molar-refractivity contribution in [1.82, 2.24) is 0 Å². The molecule has 0 aliphatic carbocycles. The largest absolute Gasteiger partial charge is 0.315 e. The lowest BCUT2D eigenvalue weighted by Gasteiger charge is -2.29. The molecular weight excluding hydrogens is 452 g/mol. The average Bonchev–Trinajstić information content (AvgIpc) is 3.19. The van der Waals surface area contributed by atoms with Gasteiger partial charge in [-0.2, -0.15) is 4.99 Å². The number of aliphatic imine (C=N–C) groups is 1. The molecule has 2 saturated heterocycles. The smallest absolute Gasteiger partial charge is 0.252 e. The second-order valence-corrected chi connectivity index (χ2v) is 11.7. The fourth-order valence-electron chi connectivity index (χ4n) is 4.27. The number of thioether (sulfide) groups is 1. The Morgan fingerprint density at radius 1 is 1.10 bits per heavy atom. The number of amides is 1. The Morgan fingerprint density at radius 3 is 2.35 bits per heavy atom. The van der Waals surface area contributed by atoms with Gasteiger partial charge >= 0.3 is 0 Å². The van der Waals surface area contributed by atoms with Crippen LogP contribution in [-0.2, 0) is 33.9 Å².